The maximum absolute atomic E-state index is 12.9. The first-order valence-electron chi connectivity index (χ1n) is 8.23. The monoisotopic (exact) mass is 381 g/mol. The molecule has 0 atom stereocenters. The first-order valence-corrected chi connectivity index (χ1v) is 9.67. The molecule has 0 N–H and O–H groups in total. The van der Waals surface area contributed by atoms with Crippen LogP contribution in [-0.4, -0.2) is 55.0 Å². The van der Waals surface area contributed by atoms with E-state index in [1.165, 1.54) is 18.2 Å². The molecule has 2 saturated heterocycles. The molecule has 2 aliphatic heterocycles. The summed E-state index contributed by atoms with van der Waals surface area (Å²) in [5, 5.41) is 4.02. The van der Waals surface area contributed by atoms with Gasteiger partial charge in [-0.05, 0) is 26.7 Å². The second-order valence-electron chi connectivity index (χ2n) is 6.97. The van der Waals surface area contributed by atoms with E-state index in [4.69, 9.17) is 4.74 Å². The highest BCUT2D eigenvalue weighted by Gasteiger charge is 2.49. The Hall–Kier alpha value is -1.13. The van der Waals surface area contributed by atoms with Gasteiger partial charge in [0.15, 0.2) is 0 Å². The van der Waals surface area contributed by atoms with Crippen molar-refractivity contribution >= 4 is 10.0 Å². The lowest BCUT2D eigenvalue weighted by Gasteiger charge is -2.51. The number of hydrogen-bond acceptors (Lipinski definition) is 4. The molecule has 0 saturated carbocycles. The molecule has 2 fully saturated rings. The molecule has 0 unspecified atom stereocenters. The fourth-order valence-electron chi connectivity index (χ4n) is 3.63. The molecule has 25 heavy (non-hydrogen) atoms. The van der Waals surface area contributed by atoms with E-state index >= 15 is 0 Å². The fourth-order valence-corrected chi connectivity index (χ4v) is 5.66. The van der Waals surface area contributed by atoms with Crippen molar-refractivity contribution in [2.45, 2.75) is 50.7 Å². The Morgan fingerprint density at radius 3 is 2.36 bits per heavy atom. The van der Waals surface area contributed by atoms with Gasteiger partial charge in [-0.2, -0.15) is 22.6 Å². The molecule has 1 aromatic heterocycles. The van der Waals surface area contributed by atoms with Crippen molar-refractivity contribution in [1.82, 2.24) is 14.1 Å². The molecule has 142 valence electrons. The quantitative estimate of drug-likeness (QED) is 0.803. The van der Waals surface area contributed by atoms with Crippen LogP contribution in [0.1, 0.15) is 30.7 Å². The Bertz CT molecular complexity index is 744. The van der Waals surface area contributed by atoms with Crippen LogP contribution in [0.25, 0.3) is 0 Å². The maximum atomic E-state index is 12.9. The molecule has 2 aliphatic rings. The molecule has 6 nitrogen and oxygen atoms in total. The minimum absolute atomic E-state index is 0.0145. The van der Waals surface area contributed by atoms with Crippen LogP contribution in [-0.2, 0) is 21.3 Å². The summed E-state index contributed by atoms with van der Waals surface area (Å²) in [6, 6.07) is 0. The summed E-state index contributed by atoms with van der Waals surface area (Å²) in [5.74, 6) is 0. The molecule has 3 heterocycles. The van der Waals surface area contributed by atoms with Crippen molar-refractivity contribution in [1.29, 1.82) is 0 Å². The van der Waals surface area contributed by atoms with Crippen LogP contribution in [0.15, 0.2) is 4.90 Å². The van der Waals surface area contributed by atoms with Crippen LogP contribution in [0.2, 0.25) is 0 Å². The van der Waals surface area contributed by atoms with E-state index in [9.17, 15) is 21.6 Å². The molecule has 10 heteroatoms. The van der Waals surface area contributed by atoms with E-state index in [1.54, 1.807) is 0 Å². The van der Waals surface area contributed by atoms with Crippen LogP contribution in [0.3, 0.4) is 0 Å². The van der Waals surface area contributed by atoms with Crippen LogP contribution in [0.5, 0.6) is 0 Å². The number of alkyl halides is 3. The lowest BCUT2D eigenvalue weighted by Crippen LogP contribution is -2.60. The normalized spacial score (nSPS) is 21.5. The number of hydrogen-bond donors (Lipinski definition) is 0. The number of rotatable bonds is 4. The predicted molar refractivity (Wildman–Crippen MR) is 83.6 cm³/mol. The van der Waals surface area contributed by atoms with Gasteiger partial charge < -0.3 is 4.74 Å². The third-order valence-electron chi connectivity index (χ3n) is 5.10. The molecule has 0 amide bonds. The van der Waals surface area contributed by atoms with E-state index in [2.05, 4.69) is 5.10 Å². The van der Waals surface area contributed by atoms with Gasteiger partial charge in [0.2, 0.25) is 10.0 Å². The van der Waals surface area contributed by atoms with Crippen molar-refractivity contribution in [2.75, 3.05) is 26.3 Å². The first-order chi connectivity index (χ1) is 11.5. The standard InChI is InChI=1S/C15H22F3N3O3S/c1-11-13(12(2)21(19-11)6-3-15(16,17)18)25(22,23)20-9-14(10-20)4-7-24-8-5-14/h3-10H2,1-2H3. The Balaban J connectivity index is 1.78. The van der Waals surface area contributed by atoms with E-state index in [1.807, 2.05) is 0 Å². The average Bonchev–Trinajstić information content (AvgIpc) is 2.77. The van der Waals surface area contributed by atoms with Crippen molar-refractivity contribution in [3.63, 3.8) is 0 Å². The maximum Gasteiger partial charge on any atom is 0.390 e. The largest absolute Gasteiger partial charge is 0.390 e. The van der Waals surface area contributed by atoms with E-state index < -0.39 is 22.6 Å². The molecule has 1 spiro atoms. The van der Waals surface area contributed by atoms with Crippen molar-refractivity contribution < 1.29 is 26.3 Å². The summed E-state index contributed by atoms with van der Waals surface area (Å²) >= 11 is 0. The zero-order chi connectivity index (χ0) is 18.5. The summed E-state index contributed by atoms with van der Waals surface area (Å²) in [6.07, 6.45) is -3.68. The Morgan fingerprint density at radius 2 is 1.80 bits per heavy atom. The lowest BCUT2D eigenvalue weighted by molar-refractivity contribution is -0.137. The topological polar surface area (TPSA) is 64.4 Å². The summed E-state index contributed by atoms with van der Waals surface area (Å²) in [6.45, 7) is 4.80. The molecule has 0 radical (unpaired) electrons. The molecular formula is C15H22F3N3O3S. The lowest BCUT2D eigenvalue weighted by atomic mass is 9.75. The van der Waals surface area contributed by atoms with Crippen molar-refractivity contribution in [3.05, 3.63) is 11.4 Å². The van der Waals surface area contributed by atoms with Crippen molar-refractivity contribution in [3.8, 4) is 0 Å². The Morgan fingerprint density at radius 1 is 1.20 bits per heavy atom. The highest BCUT2D eigenvalue weighted by molar-refractivity contribution is 7.89. The van der Waals surface area contributed by atoms with Gasteiger partial charge in [0, 0.05) is 38.3 Å². The second kappa shape index (κ2) is 6.24. The van der Waals surface area contributed by atoms with Crippen LogP contribution >= 0.6 is 0 Å². The van der Waals surface area contributed by atoms with Gasteiger partial charge >= 0.3 is 6.18 Å². The number of ether oxygens (including phenoxy) is 1. The summed E-state index contributed by atoms with van der Waals surface area (Å²) in [5.41, 5.74) is 0.488. The van der Waals surface area contributed by atoms with Crippen LogP contribution in [0, 0.1) is 19.3 Å². The number of aromatic nitrogens is 2. The first kappa shape index (κ1) is 18.7. The van der Waals surface area contributed by atoms with E-state index in [-0.39, 0.29) is 28.2 Å². The number of halogens is 3. The minimum atomic E-state index is -4.31. The van der Waals surface area contributed by atoms with Gasteiger partial charge in [-0.25, -0.2) is 8.42 Å². The molecule has 1 aromatic rings. The van der Waals surface area contributed by atoms with Crippen LogP contribution < -0.4 is 0 Å². The third-order valence-corrected chi connectivity index (χ3v) is 7.14. The number of nitrogens with zero attached hydrogens (tertiary/aromatic N) is 3. The highest BCUT2D eigenvalue weighted by atomic mass is 32.2. The number of aryl methyl sites for hydroxylation is 2. The summed E-state index contributed by atoms with van der Waals surface area (Å²) < 4.78 is 71.0. The number of sulfonamides is 1. The molecule has 0 aliphatic carbocycles. The molecule has 0 bridgehead atoms. The average molecular weight is 381 g/mol. The van der Waals surface area contributed by atoms with Gasteiger partial charge in [-0.1, -0.05) is 0 Å². The smallest absolute Gasteiger partial charge is 0.381 e. The van der Waals surface area contributed by atoms with E-state index in [0.29, 0.717) is 26.3 Å². The SMILES string of the molecule is Cc1nn(CCC(F)(F)F)c(C)c1S(=O)(=O)N1CC2(CCOCC2)C1. The third kappa shape index (κ3) is 3.56. The zero-order valence-corrected chi connectivity index (χ0v) is 15.1. The Labute approximate surface area is 145 Å². The summed E-state index contributed by atoms with van der Waals surface area (Å²) in [4.78, 5) is 0.0385. The van der Waals surface area contributed by atoms with Crippen molar-refractivity contribution in [2.24, 2.45) is 5.41 Å². The van der Waals surface area contributed by atoms with Gasteiger partial charge in [0.1, 0.15) is 4.90 Å². The van der Waals surface area contributed by atoms with Gasteiger partial charge in [-0.15, -0.1) is 0 Å². The van der Waals surface area contributed by atoms with Gasteiger partial charge in [0.25, 0.3) is 0 Å². The van der Waals surface area contributed by atoms with Gasteiger partial charge in [0.05, 0.1) is 17.8 Å². The molecule has 3 rings (SSSR count). The highest BCUT2D eigenvalue weighted by Crippen LogP contribution is 2.43. The van der Waals surface area contributed by atoms with Crippen LogP contribution in [0.4, 0.5) is 13.2 Å². The molecular weight excluding hydrogens is 359 g/mol. The summed E-state index contributed by atoms with van der Waals surface area (Å²) in [7, 11) is -3.74. The Kier molecular flexibility index (Phi) is 4.66. The predicted octanol–water partition coefficient (Wildman–Crippen LogP) is 2.25. The minimum Gasteiger partial charge on any atom is -0.381 e. The fraction of sp³-hybridized carbons (Fsp3) is 0.800. The molecule has 0 aromatic carbocycles. The van der Waals surface area contributed by atoms with Gasteiger partial charge in [-0.3, -0.25) is 4.68 Å². The van der Waals surface area contributed by atoms with E-state index in [0.717, 1.165) is 17.5 Å². The zero-order valence-electron chi connectivity index (χ0n) is 14.3. The second-order valence-corrected chi connectivity index (χ2v) is 8.85.